The number of hydrogen-bond donors (Lipinski definition) is 1. The minimum absolute atomic E-state index is 0. The van der Waals surface area contributed by atoms with Gasteiger partial charge in [-0.25, -0.2) is 8.42 Å². The highest BCUT2D eigenvalue weighted by atomic mass is 35.5. The minimum atomic E-state index is -4.61. The molecule has 0 aromatic heterocycles. The number of piperazine rings is 1. The highest BCUT2D eigenvalue weighted by molar-refractivity contribution is 7.89. The van der Waals surface area contributed by atoms with Crippen molar-refractivity contribution in [3.8, 4) is 0 Å². The van der Waals surface area contributed by atoms with Crippen LogP contribution in [0.2, 0.25) is 0 Å². The average Bonchev–Trinajstić information content (AvgIpc) is 2.59. The molecular formula is C15H21ClF3N3O3S. The third-order valence-electron chi connectivity index (χ3n) is 3.98. The number of rotatable bonds is 5. The van der Waals surface area contributed by atoms with Gasteiger partial charge in [0, 0.05) is 39.1 Å². The summed E-state index contributed by atoms with van der Waals surface area (Å²) >= 11 is 0. The van der Waals surface area contributed by atoms with E-state index in [1.54, 1.807) is 11.9 Å². The molecule has 1 heterocycles. The summed E-state index contributed by atoms with van der Waals surface area (Å²) in [5.41, 5.74) is -1.01. The lowest BCUT2D eigenvalue weighted by Crippen LogP contribution is -2.50. The predicted molar refractivity (Wildman–Crippen MR) is 92.6 cm³/mol. The second-order valence-electron chi connectivity index (χ2n) is 5.66. The van der Waals surface area contributed by atoms with E-state index in [0.717, 1.165) is 22.5 Å². The van der Waals surface area contributed by atoms with Gasteiger partial charge in [-0.3, -0.25) is 4.79 Å². The first-order valence-electron chi connectivity index (χ1n) is 7.76. The lowest BCUT2D eigenvalue weighted by molar-refractivity contribution is -0.137. The van der Waals surface area contributed by atoms with Gasteiger partial charge in [0.15, 0.2) is 0 Å². The maximum Gasteiger partial charge on any atom is 0.416 e. The summed E-state index contributed by atoms with van der Waals surface area (Å²) in [7, 11) is -2.30. The second kappa shape index (κ2) is 9.03. The van der Waals surface area contributed by atoms with E-state index in [4.69, 9.17) is 0 Å². The van der Waals surface area contributed by atoms with E-state index >= 15 is 0 Å². The molecule has 26 heavy (non-hydrogen) atoms. The number of alkyl halides is 3. The summed E-state index contributed by atoms with van der Waals surface area (Å²) in [6.45, 7) is 1.09. The first-order chi connectivity index (χ1) is 11.7. The lowest BCUT2D eigenvalue weighted by atomic mass is 10.2. The summed E-state index contributed by atoms with van der Waals surface area (Å²) in [5, 5.41) is 2.86. The topological polar surface area (TPSA) is 69.7 Å². The van der Waals surface area contributed by atoms with Gasteiger partial charge in [0.1, 0.15) is 0 Å². The molecule has 6 nitrogen and oxygen atoms in total. The zero-order chi connectivity index (χ0) is 18.7. The van der Waals surface area contributed by atoms with E-state index in [9.17, 15) is 26.4 Å². The van der Waals surface area contributed by atoms with Crippen molar-refractivity contribution in [1.29, 1.82) is 0 Å². The quantitative estimate of drug-likeness (QED) is 0.792. The van der Waals surface area contributed by atoms with Crippen LogP contribution in [0, 0.1) is 0 Å². The molecule has 1 aliphatic heterocycles. The Labute approximate surface area is 156 Å². The Morgan fingerprint density at radius 3 is 2.35 bits per heavy atom. The van der Waals surface area contributed by atoms with Gasteiger partial charge in [0.25, 0.3) is 0 Å². The van der Waals surface area contributed by atoms with Crippen LogP contribution in [0.1, 0.15) is 12.0 Å². The van der Waals surface area contributed by atoms with Crippen LogP contribution in [0.4, 0.5) is 13.2 Å². The van der Waals surface area contributed by atoms with Gasteiger partial charge in [-0.15, -0.1) is 12.4 Å². The zero-order valence-corrected chi connectivity index (χ0v) is 15.8. The first-order valence-corrected chi connectivity index (χ1v) is 9.20. The zero-order valence-electron chi connectivity index (χ0n) is 14.1. The first kappa shape index (κ1) is 22.7. The minimum Gasteiger partial charge on any atom is -0.340 e. The Kier molecular flexibility index (Phi) is 7.87. The number of carbonyl (C=O) groups excluding carboxylic acids is 1. The fourth-order valence-electron chi connectivity index (χ4n) is 2.55. The predicted octanol–water partition coefficient (Wildman–Crippen LogP) is 1.57. The van der Waals surface area contributed by atoms with Gasteiger partial charge in [-0.05, 0) is 25.2 Å². The van der Waals surface area contributed by atoms with Crippen molar-refractivity contribution in [3.05, 3.63) is 29.8 Å². The normalized spacial score (nSPS) is 16.2. The molecule has 11 heteroatoms. The number of benzene rings is 1. The molecule has 1 N–H and O–H groups in total. The highest BCUT2D eigenvalue weighted by Gasteiger charge is 2.34. The van der Waals surface area contributed by atoms with Crippen LogP contribution < -0.4 is 5.32 Å². The molecule has 0 radical (unpaired) electrons. The van der Waals surface area contributed by atoms with Crippen LogP contribution >= 0.6 is 12.4 Å². The lowest BCUT2D eigenvalue weighted by Gasteiger charge is -2.34. The van der Waals surface area contributed by atoms with Crippen molar-refractivity contribution >= 4 is 28.3 Å². The monoisotopic (exact) mass is 415 g/mol. The SMILES string of the molecule is CNCCC(=O)N1CCN(S(=O)(=O)c2cccc(C(F)(F)F)c2)CC1.Cl. The Hall–Kier alpha value is -1.36. The molecule has 0 unspecified atom stereocenters. The number of nitrogens with one attached hydrogen (secondary N) is 1. The van der Waals surface area contributed by atoms with Crippen LogP contribution in [-0.4, -0.2) is 63.3 Å². The number of hydrogen-bond acceptors (Lipinski definition) is 4. The molecule has 1 amide bonds. The number of nitrogens with zero attached hydrogens (tertiary/aromatic N) is 2. The molecule has 1 aromatic carbocycles. The Morgan fingerprint density at radius 1 is 1.19 bits per heavy atom. The van der Waals surface area contributed by atoms with Gasteiger partial charge in [-0.1, -0.05) is 6.07 Å². The molecule has 0 atom stereocenters. The summed E-state index contributed by atoms with van der Waals surface area (Å²) in [6.07, 6.45) is -4.29. The molecule has 0 aliphatic carbocycles. The fourth-order valence-corrected chi connectivity index (χ4v) is 4.02. The summed E-state index contributed by atoms with van der Waals surface area (Å²) in [6, 6.07) is 3.69. The maximum absolute atomic E-state index is 12.8. The fraction of sp³-hybridized carbons (Fsp3) is 0.533. The average molecular weight is 416 g/mol. The Bertz CT molecular complexity index is 720. The van der Waals surface area contributed by atoms with Crippen molar-refractivity contribution in [2.75, 3.05) is 39.8 Å². The summed E-state index contributed by atoms with van der Waals surface area (Å²) in [4.78, 5) is 13.1. The van der Waals surface area contributed by atoms with Gasteiger partial charge < -0.3 is 10.2 Å². The maximum atomic E-state index is 12.8. The highest BCUT2D eigenvalue weighted by Crippen LogP contribution is 2.31. The van der Waals surface area contributed by atoms with E-state index in [0.29, 0.717) is 19.0 Å². The molecule has 1 aliphatic rings. The van der Waals surface area contributed by atoms with Crippen molar-refractivity contribution in [1.82, 2.24) is 14.5 Å². The van der Waals surface area contributed by atoms with Crippen molar-refractivity contribution in [2.24, 2.45) is 0 Å². The van der Waals surface area contributed by atoms with Crippen LogP contribution in [0.15, 0.2) is 29.2 Å². The van der Waals surface area contributed by atoms with Gasteiger partial charge in [0.05, 0.1) is 10.5 Å². The second-order valence-corrected chi connectivity index (χ2v) is 7.60. The third-order valence-corrected chi connectivity index (χ3v) is 5.87. The molecule has 148 valence electrons. The van der Waals surface area contributed by atoms with Gasteiger partial charge in [0.2, 0.25) is 15.9 Å². The van der Waals surface area contributed by atoms with Crippen molar-refractivity contribution in [3.63, 3.8) is 0 Å². The molecule has 1 aromatic rings. The van der Waals surface area contributed by atoms with Crippen LogP contribution in [-0.2, 0) is 21.0 Å². The van der Waals surface area contributed by atoms with E-state index in [-0.39, 0.29) is 44.5 Å². The smallest absolute Gasteiger partial charge is 0.340 e. The molecular weight excluding hydrogens is 395 g/mol. The van der Waals surface area contributed by atoms with Crippen LogP contribution in [0.5, 0.6) is 0 Å². The number of sulfonamides is 1. The molecule has 0 spiro atoms. The third kappa shape index (κ3) is 5.32. The summed E-state index contributed by atoms with van der Waals surface area (Å²) in [5.74, 6) is -0.0783. The molecule has 2 rings (SSSR count). The van der Waals surface area contributed by atoms with E-state index in [1.165, 1.54) is 0 Å². The molecule has 0 bridgehead atoms. The number of carbonyl (C=O) groups is 1. The van der Waals surface area contributed by atoms with Crippen molar-refractivity contribution < 1.29 is 26.4 Å². The Morgan fingerprint density at radius 2 is 1.81 bits per heavy atom. The molecule has 1 saturated heterocycles. The van der Waals surface area contributed by atoms with Gasteiger partial charge in [-0.2, -0.15) is 17.5 Å². The number of halogens is 4. The standard InChI is InChI=1S/C15H20F3N3O3S.ClH/c1-19-6-5-14(22)20-7-9-21(10-8-20)25(23,24)13-4-2-3-12(11-13)15(16,17)18;/h2-4,11,19H,5-10H2,1H3;1H. The Balaban J connectivity index is 0.00000338. The van der Waals surface area contributed by atoms with E-state index in [2.05, 4.69) is 5.32 Å². The van der Waals surface area contributed by atoms with E-state index in [1.807, 2.05) is 0 Å². The van der Waals surface area contributed by atoms with Crippen molar-refractivity contribution in [2.45, 2.75) is 17.5 Å². The van der Waals surface area contributed by atoms with E-state index < -0.39 is 26.7 Å². The van der Waals surface area contributed by atoms with Gasteiger partial charge >= 0.3 is 6.18 Å². The summed E-state index contributed by atoms with van der Waals surface area (Å²) < 4.78 is 64.6. The van der Waals surface area contributed by atoms with Crippen LogP contribution in [0.25, 0.3) is 0 Å². The molecule has 0 saturated carbocycles. The largest absolute Gasteiger partial charge is 0.416 e. The molecule has 1 fully saturated rings. The number of amides is 1. The van der Waals surface area contributed by atoms with Crippen LogP contribution in [0.3, 0.4) is 0 Å².